The predicted octanol–water partition coefficient (Wildman–Crippen LogP) is 3.58. The van der Waals surface area contributed by atoms with Crippen LogP contribution in [0.25, 0.3) is 0 Å². The molecule has 0 unspecified atom stereocenters. The maximum absolute atomic E-state index is 12.1. The molecule has 96 valence electrons. The molecule has 0 saturated heterocycles. The number of aryl methyl sites for hydroxylation is 2. The fraction of sp³-hybridized carbons (Fsp3) is 0.235. The molecule has 0 bridgehead atoms. The van der Waals surface area contributed by atoms with Gasteiger partial charge in [0.1, 0.15) is 0 Å². The molecule has 19 heavy (non-hydrogen) atoms. The van der Waals surface area contributed by atoms with Gasteiger partial charge in [0.15, 0.2) is 0 Å². The van der Waals surface area contributed by atoms with Crippen LogP contribution < -0.4 is 5.32 Å². The third kappa shape index (κ3) is 2.14. The summed E-state index contributed by atoms with van der Waals surface area (Å²) in [7, 11) is 0. The number of anilines is 1. The maximum atomic E-state index is 12.1. The van der Waals surface area contributed by atoms with Gasteiger partial charge in [0.2, 0.25) is 5.91 Å². The first-order valence-electron chi connectivity index (χ1n) is 6.61. The van der Waals surface area contributed by atoms with Crippen molar-refractivity contribution in [3.05, 3.63) is 64.7 Å². The Bertz CT molecular complexity index is 645. The molecular weight excluding hydrogens is 234 g/mol. The number of carbonyl (C=O) groups is 1. The molecular formula is C17H17NO. The quantitative estimate of drug-likeness (QED) is 0.868. The van der Waals surface area contributed by atoms with Crippen LogP contribution in [-0.4, -0.2) is 5.91 Å². The van der Waals surface area contributed by atoms with Crippen molar-refractivity contribution in [1.82, 2.24) is 0 Å². The molecule has 0 aromatic heterocycles. The number of amides is 1. The van der Waals surface area contributed by atoms with E-state index >= 15 is 0 Å². The number of carbonyl (C=O) groups excluding carboxylic acids is 1. The molecule has 1 aliphatic rings. The molecule has 1 atom stereocenters. The number of nitrogens with one attached hydrogen (secondary N) is 1. The van der Waals surface area contributed by atoms with E-state index in [4.69, 9.17) is 0 Å². The Hall–Kier alpha value is -2.09. The van der Waals surface area contributed by atoms with Gasteiger partial charge in [0.05, 0.1) is 5.92 Å². The highest BCUT2D eigenvalue weighted by molar-refractivity contribution is 6.03. The zero-order chi connectivity index (χ0) is 13.4. The second kappa shape index (κ2) is 4.54. The van der Waals surface area contributed by atoms with Gasteiger partial charge in [-0.2, -0.15) is 0 Å². The van der Waals surface area contributed by atoms with E-state index in [0.29, 0.717) is 0 Å². The second-order valence-electron chi connectivity index (χ2n) is 5.26. The van der Waals surface area contributed by atoms with Crippen LogP contribution in [0.4, 0.5) is 5.69 Å². The van der Waals surface area contributed by atoms with Gasteiger partial charge in [-0.3, -0.25) is 4.79 Å². The first kappa shape index (κ1) is 12.0. The highest BCUT2D eigenvalue weighted by Crippen LogP contribution is 2.35. The third-order valence-corrected chi connectivity index (χ3v) is 3.84. The zero-order valence-corrected chi connectivity index (χ0v) is 11.2. The second-order valence-corrected chi connectivity index (χ2v) is 5.26. The highest BCUT2D eigenvalue weighted by atomic mass is 16.2. The minimum absolute atomic E-state index is 0.0593. The van der Waals surface area contributed by atoms with Crippen molar-refractivity contribution in [3.8, 4) is 0 Å². The topological polar surface area (TPSA) is 29.1 Å². The molecule has 0 saturated carbocycles. The summed E-state index contributed by atoms with van der Waals surface area (Å²) in [4.78, 5) is 12.1. The summed E-state index contributed by atoms with van der Waals surface area (Å²) in [6.07, 6.45) is 0.773. The Balaban J connectivity index is 1.97. The Morgan fingerprint density at radius 3 is 2.68 bits per heavy atom. The Morgan fingerprint density at radius 1 is 1.11 bits per heavy atom. The van der Waals surface area contributed by atoms with E-state index in [9.17, 15) is 4.79 Å². The van der Waals surface area contributed by atoms with E-state index in [1.807, 2.05) is 24.3 Å². The highest BCUT2D eigenvalue weighted by Gasteiger charge is 2.30. The van der Waals surface area contributed by atoms with Crippen LogP contribution in [0.5, 0.6) is 0 Å². The van der Waals surface area contributed by atoms with Gasteiger partial charge < -0.3 is 5.32 Å². The fourth-order valence-corrected chi connectivity index (χ4v) is 2.71. The Labute approximate surface area is 113 Å². The minimum Gasteiger partial charge on any atom is -0.325 e. The molecule has 2 heteroatoms. The number of rotatable bonds is 2. The normalized spacial score (nSPS) is 17.2. The number of fused-ring (bicyclic) bond motifs is 1. The third-order valence-electron chi connectivity index (χ3n) is 3.84. The van der Waals surface area contributed by atoms with Gasteiger partial charge in [-0.1, -0.05) is 42.0 Å². The fourth-order valence-electron chi connectivity index (χ4n) is 2.71. The molecule has 0 spiro atoms. The first-order valence-corrected chi connectivity index (χ1v) is 6.61. The van der Waals surface area contributed by atoms with Crippen molar-refractivity contribution >= 4 is 11.6 Å². The average molecular weight is 251 g/mol. The summed E-state index contributed by atoms with van der Waals surface area (Å²) < 4.78 is 0. The van der Waals surface area contributed by atoms with Crippen molar-refractivity contribution in [2.75, 3.05) is 5.32 Å². The molecule has 1 aliphatic heterocycles. The summed E-state index contributed by atoms with van der Waals surface area (Å²) in [5.74, 6) is 0.0554. The molecule has 2 aromatic rings. The average Bonchev–Trinajstić information content (AvgIpc) is 2.69. The van der Waals surface area contributed by atoms with E-state index in [0.717, 1.165) is 17.7 Å². The molecule has 2 aromatic carbocycles. The van der Waals surface area contributed by atoms with E-state index in [1.54, 1.807) is 0 Å². The molecule has 0 radical (unpaired) electrons. The zero-order valence-electron chi connectivity index (χ0n) is 11.2. The van der Waals surface area contributed by atoms with E-state index in [2.05, 4.69) is 37.4 Å². The van der Waals surface area contributed by atoms with Crippen molar-refractivity contribution < 1.29 is 4.79 Å². The monoisotopic (exact) mass is 251 g/mol. The predicted molar refractivity (Wildman–Crippen MR) is 77.4 cm³/mol. The number of hydrogen-bond acceptors (Lipinski definition) is 1. The largest absolute Gasteiger partial charge is 0.325 e. The van der Waals surface area contributed by atoms with Crippen molar-refractivity contribution in [2.45, 2.75) is 26.2 Å². The van der Waals surface area contributed by atoms with Gasteiger partial charge >= 0.3 is 0 Å². The summed E-state index contributed by atoms with van der Waals surface area (Å²) in [6, 6.07) is 14.4. The first-order chi connectivity index (χ1) is 9.15. The molecule has 0 aliphatic carbocycles. The van der Waals surface area contributed by atoms with Crippen LogP contribution in [0.15, 0.2) is 42.5 Å². The van der Waals surface area contributed by atoms with Gasteiger partial charge in [-0.05, 0) is 43.0 Å². The Morgan fingerprint density at radius 2 is 1.89 bits per heavy atom. The lowest BCUT2D eigenvalue weighted by atomic mass is 9.90. The van der Waals surface area contributed by atoms with Crippen LogP contribution in [0, 0.1) is 13.8 Å². The SMILES string of the molecule is Cc1ccc2c(c1)[C@H](Cc1ccccc1C)C(=O)N2. The van der Waals surface area contributed by atoms with Crippen molar-refractivity contribution in [3.63, 3.8) is 0 Å². The lowest BCUT2D eigenvalue weighted by molar-refractivity contribution is -0.117. The van der Waals surface area contributed by atoms with Gasteiger partial charge in [0.25, 0.3) is 0 Å². The number of benzene rings is 2. The molecule has 1 N–H and O–H groups in total. The van der Waals surface area contributed by atoms with Crippen molar-refractivity contribution in [2.24, 2.45) is 0 Å². The standard InChI is InChI=1S/C17H17NO/c1-11-7-8-16-14(9-11)15(17(19)18-16)10-13-6-4-3-5-12(13)2/h3-9,15H,10H2,1-2H3,(H,18,19)/t15-/m0/s1. The van der Waals surface area contributed by atoms with E-state index < -0.39 is 0 Å². The maximum Gasteiger partial charge on any atom is 0.232 e. The van der Waals surface area contributed by atoms with Gasteiger partial charge in [-0.25, -0.2) is 0 Å². The molecule has 2 nitrogen and oxygen atoms in total. The molecule has 1 amide bonds. The number of hydrogen-bond donors (Lipinski definition) is 1. The summed E-state index contributed by atoms with van der Waals surface area (Å²) in [6.45, 7) is 4.16. The lowest BCUT2D eigenvalue weighted by Gasteiger charge is -2.11. The lowest BCUT2D eigenvalue weighted by Crippen LogP contribution is -2.14. The van der Waals surface area contributed by atoms with Crippen LogP contribution >= 0.6 is 0 Å². The Kier molecular flexibility index (Phi) is 2.86. The smallest absolute Gasteiger partial charge is 0.232 e. The minimum atomic E-state index is -0.0593. The van der Waals surface area contributed by atoms with Gasteiger partial charge in [0, 0.05) is 5.69 Å². The summed E-state index contributed by atoms with van der Waals surface area (Å²) >= 11 is 0. The van der Waals surface area contributed by atoms with Crippen molar-refractivity contribution in [1.29, 1.82) is 0 Å². The van der Waals surface area contributed by atoms with Crippen LogP contribution in [-0.2, 0) is 11.2 Å². The molecule has 0 fully saturated rings. The van der Waals surface area contributed by atoms with E-state index in [-0.39, 0.29) is 11.8 Å². The van der Waals surface area contributed by atoms with Crippen LogP contribution in [0.1, 0.15) is 28.2 Å². The molecule has 3 rings (SSSR count). The molecule has 1 heterocycles. The van der Waals surface area contributed by atoms with Crippen LogP contribution in [0.2, 0.25) is 0 Å². The summed E-state index contributed by atoms with van der Waals surface area (Å²) in [5, 5.41) is 2.98. The summed E-state index contributed by atoms with van der Waals surface area (Å²) in [5.41, 5.74) is 5.79. The van der Waals surface area contributed by atoms with Crippen LogP contribution in [0.3, 0.4) is 0 Å². The van der Waals surface area contributed by atoms with Gasteiger partial charge in [-0.15, -0.1) is 0 Å². The van der Waals surface area contributed by atoms with E-state index in [1.165, 1.54) is 16.7 Å².